The molecule has 2 atom stereocenters. The molecule has 1 aliphatic rings. The summed E-state index contributed by atoms with van der Waals surface area (Å²) in [4.78, 5) is 18.3. The highest BCUT2D eigenvalue weighted by Gasteiger charge is 2.24. The third kappa shape index (κ3) is 6.86. The van der Waals surface area contributed by atoms with Crippen molar-refractivity contribution in [1.29, 1.82) is 0 Å². The first-order valence-corrected chi connectivity index (χ1v) is 9.92. The van der Waals surface area contributed by atoms with Crippen molar-refractivity contribution >= 4 is 11.9 Å². The predicted octanol–water partition coefficient (Wildman–Crippen LogP) is 2.29. The monoisotopic (exact) mass is 373 g/mol. The fraction of sp³-hybridized carbons (Fsp3) is 0.619. The smallest absolute Gasteiger partial charge is 0.222 e. The van der Waals surface area contributed by atoms with Crippen molar-refractivity contribution in [3.63, 3.8) is 0 Å². The molecule has 0 aliphatic carbocycles. The lowest BCUT2D eigenvalue weighted by atomic mass is 10.0. The van der Waals surface area contributed by atoms with Crippen molar-refractivity contribution in [2.24, 2.45) is 4.99 Å². The van der Waals surface area contributed by atoms with Crippen molar-refractivity contribution < 1.29 is 4.79 Å². The van der Waals surface area contributed by atoms with Crippen LogP contribution in [0.2, 0.25) is 0 Å². The SMILES string of the molecule is CCNC(=NCC(C)(C)NC(C)c1ccccc1)NC1CCC(=O)N(C)C1. The summed E-state index contributed by atoms with van der Waals surface area (Å²) in [5.41, 5.74) is 1.13. The van der Waals surface area contributed by atoms with E-state index in [1.807, 2.05) is 13.1 Å². The molecule has 1 aromatic carbocycles. The summed E-state index contributed by atoms with van der Waals surface area (Å²) in [6.45, 7) is 10.8. The molecule has 1 saturated heterocycles. The van der Waals surface area contributed by atoms with E-state index in [0.29, 0.717) is 13.0 Å². The number of nitrogens with one attached hydrogen (secondary N) is 3. The molecular weight excluding hydrogens is 338 g/mol. The highest BCUT2D eigenvalue weighted by molar-refractivity contribution is 5.81. The minimum atomic E-state index is -0.142. The molecule has 0 aromatic heterocycles. The standard InChI is InChI=1S/C21H35N5O/c1-6-22-20(24-18-12-13-19(27)26(5)14-18)23-15-21(3,4)25-16(2)17-10-8-7-9-11-17/h7-11,16,18,25H,6,12-15H2,1-5H3,(H2,22,23,24). The van der Waals surface area contributed by atoms with E-state index in [2.05, 4.69) is 67.9 Å². The van der Waals surface area contributed by atoms with E-state index in [1.165, 1.54) is 5.56 Å². The first-order chi connectivity index (χ1) is 12.8. The van der Waals surface area contributed by atoms with Crippen molar-refractivity contribution in [2.75, 3.05) is 26.7 Å². The van der Waals surface area contributed by atoms with Gasteiger partial charge in [-0.05, 0) is 39.7 Å². The number of piperidine rings is 1. The molecule has 1 aromatic rings. The maximum Gasteiger partial charge on any atom is 0.222 e. The van der Waals surface area contributed by atoms with Gasteiger partial charge in [-0.25, -0.2) is 0 Å². The largest absolute Gasteiger partial charge is 0.357 e. The lowest BCUT2D eigenvalue weighted by Crippen LogP contribution is -2.52. The van der Waals surface area contributed by atoms with E-state index in [9.17, 15) is 4.79 Å². The number of likely N-dealkylation sites (N-methyl/N-ethyl adjacent to an activating group) is 1. The van der Waals surface area contributed by atoms with E-state index in [0.717, 1.165) is 25.5 Å². The van der Waals surface area contributed by atoms with Gasteiger partial charge in [0.25, 0.3) is 0 Å². The van der Waals surface area contributed by atoms with Crippen LogP contribution in [0.1, 0.15) is 52.1 Å². The fourth-order valence-corrected chi connectivity index (χ4v) is 3.38. The molecule has 2 rings (SSSR count). The Morgan fingerprint density at radius 2 is 2.04 bits per heavy atom. The summed E-state index contributed by atoms with van der Waals surface area (Å²) < 4.78 is 0. The van der Waals surface area contributed by atoms with Gasteiger partial charge in [0.15, 0.2) is 5.96 Å². The summed E-state index contributed by atoms with van der Waals surface area (Å²) >= 11 is 0. The third-order valence-corrected chi connectivity index (χ3v) is 4.85. The highest BCUT2D eigenvalue weighted by Crippen LogP contribution is 2.16. The van der Waals surface area contributed by atoms with E-state index in [4.69, 9.17) is 4.99 Å². The normalized spacial score (nSPS) is 19.7. The Bertz CT molecular complexity index is 629. The maximum absolute atomic E-state index is 11.7. The van der Waals surface area contributed by atoms with E-state index >= 15 is 0 Å². The number of hydrogen-bond donors (Lipinski definition) is 3. The molecule has 2 unspecified atom stereocenters. The summed E-state index contributed by atoms with van der Waals surface area (Å²) in [5, 5.41) is 10.5. The number of amides is 1. The van der Waals surface area contributed by atoms with Crippen LogP contribution in [0, 0.1) is 0 Å². The molecule has 0 spiro atoms. The van der Waals surface area contributed by atoms with Gasteiger partial charge in [-0.15, -0.1) is 0 Å². The van der Waals surface area contributed by atoms with Crippen molar-refractivity contribution in [2.45, 2.75) is 58.2 Å². The van der Waals surface area contributed by atoms with Crippen LogP contribution in [0.4, 0.5) is 0 Å². The Labute approximate surface area is 163 Å². The van der Waals surface area contributed by atoms with Crippen molar-refractivity contribution in [3.05, 3.63) is 35.9 Å². The zero-order valence-corrected chi connectivity index (χ0v) is 17.4. The number of guanidine groups is 1. The lowest BCUT2D eigenvalue weighted by Gasteiger charge is -2.32. The minimum absolute atomic E-state index is 0.142. The Morgan fingerprint density at radius 1 is 1.33 bits per heavy atom. The zero-order valence-electron chi connectivity index (χ0n) is 17.4. The summed E-state index contributed by atoms with van der Waals surface area (Å²) in [6.07, 6.45) is 1.44. The number of likely N-dealkylation sites (tertiary alicyclic amines) is 1. The van der Waals surface area contributed by atoms with Crippen LogP contribution in [-0.2, 0) is 4.79 Å². The van der Waals surface area contributed by atoms with Crippen LogP contribution in [-0.4, -0.2) is 55.0 Å². The van der Waals surface area contributed by atoms with Gasteiger partial charge in [0.2, 0.25) is 5.91 Å². The van der Waals surface area contributed by atoms with Crippen LogP contribution >= 0.6 is 0 Å². The van der Waals surface area contributed by atoms with Gasteiger partial charge in [-0.3, -0.25) is 9.79 Å². The summed E-state index contributed by atoms with van der Waals surface area (Å²) in [5.74, 6) is 1.03. The van der Waals surface area contributed by atoms with Gasteiger partial charge in [-0.1, -0.05) is 30.3 Å². The molecule has 150 valence electrons. The summed E-state index contributed by atoms with van der Waals surface area (Å²) in [6, 6.07) is 11.0. The van der Waals surface area contributed by atoms with Crippen LogP contribution in [0.25, 0.3) is 0 Å². The van der Waals surface area contributed by atoms with Crippen molar-refractivity contribution in [3.8, 4) is 0 Å². The lowest BCUT2D eigenvalue weighted by molar-refractivity contribution is -0.132. The van der Waals surface area contributed by atoms with Crippen molar-refractivity contribution in [1.82, 2.24) is 20.9 Å². The number of aliphatic imine (C=N–C) groups is 1. The first kappa shape index (κ1) is 21.2. The van der Waals surface area contributed by atoms with Gasteiger partial charge >= 0.3 is 0 Å². The second-order valence-corrected chi connectivity index (χ2v) is 8.01. The topological polar surface area (TPSA) is 68.8 Å². The molecule has 1 fully saturated rings. The second-order valence-electron chi connectivity index (χ2n) is 8.01. The Kier molecular flexibility index (Phi) is 7.66. The molecule has 1 amide bonds. The van der Waals surface area contributed by atoms with Gasteiger partial charge < -0.3 is 20.9 Å². The third-order valence-electron chi connectivity index (χ3n) is 4.85. The molecule has 1 aliphatic heterocycles. The van der Waals surface area contributed by atoms with Gasteiger partial charge in [0.1, 0.15) is 0 Å². The minimum Gasteiger partial charge on any atom is -0.357 e. The maximum atomic E-state index is 11.7. The number of benzene rings is 1. The van der Waals surface area contributed by atoms with E-state index in [-0.39, 0.29) is 23.5 Å². The van der Waals surface area contributed by atoms with Gasteiger partial charge in [0, 0.05) is 44.2 Å². The van der Waals surface area contributed by atoms with Gasteiger partial charge in [-0.2, -0.15) is 0 Å². The van der Waals surface area contributed by atoms with Crippen LogP contribution in [0.15, 0.2) is 35.3 Å². The van der Waals surface area contributed by atoms with Crippen LogP contribution in [0.3, 0.4) is 0 Å². The number of nitrogens with zero attached hydrogens (tertiary/aromatic N) is 2. The average Bonchev–Trinajstić information content (AvgIpc) is 2.63. The van der Waals surface area contributed by atoms with Crippen LogP contribution < -0.4 is 16.0 Å². The number of rotatable bonds is 7. The molecule has 1 heterocycles. The number of hydrogen-bond acceptors (Lipinski definition) is 3. The molecule has 0 bridgehead atoms. The molecule has 6 heteroatoms. The highest BCUT2D eigenvalue weighted by atomic mass is 16.2. The second kappa shape index (κ2) is 9.74. The van der Waals surface area contributed by atoms with Crippen LogP contribution in [0.5, 0.6) is 0 Å². The molecule has 0 saturated carbocycles. The Morgan fingerprint density at radius 3 is 2.67 bits per heavy atom. The van der Waals surface area contributed by atoms with E-state index in [1.54, 1.807) is 4.90 Å². The first-order valence-electron chi connectivity index (χ1n) is 9.92. The average molecular weight is 374 g/mol. The quantitative estimate of drug-likeness (QED) is 0.507. The fourth-order valence-electron chi connectivity index (χ4n) is 3.38. The predicted molar refractivity (Wildman–Crippen MR) is 112 cm³/mol. The molecule has 6 nitrogen and oxygen atoms in total. The van der Waals surface area contributed by atoms with Gasteiger partial charge in [0.05, 0.1) is 6.54 Å². The number of carbonyl (C=O) groups is 1. The summed E-state index contributed by atoms with van der Waals surface area (Å²) in [7, 11) is 1.86. The molecule has 27 heavy (non-hydrogen) atoms. The zero-order chi connectivity index (χ0) is 19.9. The Balaban J connectivity index is 1.94. The molecule has 0 radical (unpaired) electrons. The van der Waals surface area contributed by atoms with E-state index < -0.39 is 0 Å². The number of carbonyl (C=O) groups excluding carboxylic acids is 1. The molecular formula is C21H35N5O. The Hall–Kier alpha value is -2.08. The molecule has 3 N–H and O–H groups in total.